The molecule has 0 radical (unpaired) electrons. The summed E-state index contributed by atoms with van der Waals surface area (Å²) in [5.41, 5.74) is 0. The average Bonchev–Trinajstić information content (AvgIpc) is 2.40. The molecule has 1 atom stereocenters. The number of carbonyl (C=O) groups excluding carboxylic acids is 1. The summed E-state index contributed by atoms with van der Waals surface area (Å²) in [7, 11) is 0. The fraction of sp³-hybridized carbons (Fsp3) is 0.533. The molecule has 1 amide bonds. The van der Waals surface area contributed by atoms with Crippen molar-refractivity contribution in [3.8, 4) is 5.75 Å². The van der Waals surface area contributed by atoms with Crippen molar-refractivity contribution in [2.45, 2.75) is 55.2 Å². The third-order valence-electron chi connectivity index (χ3n) is 3.45. The van der Waals surface area contributed by atoms with Crippen LogP contribution in [0.3, 0.4) is 0 Å². The molecule has 0 heterocycles. The zero-order valence-electron chi connectivity index (χ0n) is 11.3. The van der Waals surface area contributed by atoms with Crippen molar-refractivity contribution in [3.63, 3.8) is 0 Å². The van der Waals surface area contributed by atoms with E-state index in [1.807, 2.05) is 13.0 Å². The summed E-state index contributed by atoms with van der Waals surface area (Å²) < 4.78 is 0. The number of thioether (sulfide) groups is 1. The highest BCUT2D eigenvalue weighted by atomic mass is 32.2. The lowest BCUT2D eigenvalue weighted by Gasteiger charge is -2.24. The highest BCUT2D eigenvalue weighted by Gasteiger charge is 2.20. The quantitative estimate of drug-likeness (QED) is 0.831. The van der Waals surface area contributed by atoms with E-state index < -0.39 is 0 Å². The Morgan fingerprint density at radius 1 is 1.37 bits per heavy atom. The van der Waals surface area contributed by atoms with Gasteiger partial charge >= 0.3 is 0 Å². The standard InChI is InChI=1S/C15H21NO2S/c1-11(19-14-9-5-8-13(17)10-14)15(18)16-12-6-3-2-4-7-12/h5,8-12,17H,2-4,6-7H2,1H3,(H,16,18). The topological polar surface area (TPSA) is 49.3 Å². The third kappa shape index (κ3) is 4.46. The minimum Gasteiger partial charge on any atom is -0.508 e. The van der Waals surface area contributed by atoms with Gasteiger partial charge in [0.15, 0.2) is 0 Å². The number of aromatic hydroxyl groups is 1. The second-order valence-electron chi connectivity index (χ2n) is 5.10. The Bertz CT molecular complexity index is 430. The number of hydrogen-bond acceptors (Lipinski definition) is 3. The van der Waals surface area contributed by atoms with E-state index in [4.69, 9.17) is 0 Å². The maximum Gasteiger partial charge on any atom is 0.233 e. The van der Waals surface area contributed by atoms with E-state index in [0.717, 1.165) is 17.7 Å². The van der Waals surface area contributed by atoms with Crippen molar-refractivity contribution in [1.82, 2.24) is 5.32 Å². The Labute approximate surface area is 118 Å². The zero-order chi connectivity index (χ0) is 13.7. The zero-order valence-corrected chi connectivity index (χ0v) is 12.1. The molecule has 2 rings (SSSR count). The van der Waals surface area contributed by atoms with Crippen LogP contribution in [0.2, 0.25) is 0 Å². The molecule has 1 unspecified atom stereocenters. The Hall–Kier alpha value is -1.16. The van der Waals surface area contributed by atoms with Crippen molar-refractivity contribution in [2.75, 3.05) is 0 Å². The molecule has 4 heteroatoms. The molecule has 0 bridgehead atoms. The molecule has 1 saturated carbocycles. The molecule has 3 nitrogen and oxygen atoms in total. The number of nitrogens with one attached hydrogen (secondary N) is 1. The molecular formula is C15H21NO2S. The van der Waals surface area contributed by atoms with E-state index in [2.05, 4.69) is 5.32 Å². The van der Waals surface area contributed by atoms with Crippen molar-refractivity contribution >= 4 is 17.7 Å². The van der Waals surface area contributed by atoms with E-state index in [-0.39, 0.29) is 16.9 Å². The Kier molecular flexibility index (Phi) is 5.14. The molecule has 0 saturated heterocycles. The molecule has 1 aliphatic rings. The summed E-state index contributed by atoms with van der Waals surface area (Å²) in [4.78, 5) is 13.0. The number of hydrogen-bond donors (Lipinski definition) is 2. The second-order valence-corrected chi connectivity index (χ2v) is 6.52. The van der Waals surface area contributed by atoms with Crippen molar-refractivity contribution < 1.29 is 9.90 Å². The van der Waals surface area contributed by atoms with Gasteiger partial charge in [-0.05, 0) is 38.0 Å². The lowest BCUT2D eigenvalue weighted by Crippen LogP contribution is -2.40. The van der Waals surface area contributed by atoms with Crippen LogP contribution in [-0.4, -0.2) is 22.3 Å². The smallest absolute Gasteiger partial charge is 0.233 e. The minimum atomic E-state index is -0.135. The third-order valence-corrected chi connectivity index (χ3v) is 4.54. The fourth-order valence-corrected chi connectivity index (χ4v) is 3.31. The maximum atomic E-state index is 12.1. The van der Waals surface area contributed by atoms with Crippen LogP contribution in [0, 0.1) is 0 Å². The van der Waals surface area contributed by atoms with Gasteiger partial charge in [0.25, 0.3) is 0 Å². The summed E-state index contributed by atoms with van der Waals surface area (Å²) in [5, 5.41) is 12.4. The van der Waals surface area contributed by atoms with Gasteiger partial charge in [0.1, 0.15) is 5.75 Å². The van der Waals surface area contributed by atoms with Crippen LogP contribution in [0.25, 0.3) is 0 Å². The van der Waals surface area contributed by atoms with Crippen LogP contribution in [0.5, 0.6) is 5.75 Å². The number of carbonyl (C=O) groups is 1. The number of rotatable bonds is 4. The van der Waals surface area contributed by atoms with Gasteiger partial charge in [0.2, 0.25) is 5.91 Å². The first-order valence-electron chi connectivity index (χ1n) is 6.91. The largest absolute Gasteiger partial charge is 0.508 e. The molecule has 2 N–H and O–H groups in total. The van der Waals surface area contributed by atoms with Crippen LogP contribution >= 0.6 is 11.8 Å². The Balaban J connectivity index is 1.84. The van der Waals surface area contributed by atoms with Crippen molar-refractivity contribution in [3.05, 3.63) is 24.3 Å². The van der Waals surface area contributed by atoms with Gasteiger partial charge in [0.05, 0.1) is 5.25 Å². The normalized spacial score (nSPS) is 17.9. The molecule has 1 aliphatic carbocycles. The molecule has 1 aromatic carbocycles. The van der Waals surface area contributed by atoms with Gasteiger partial charge in [0, 0.05) is 10.9 Å². The van der Waals surface area contributed by atoms with Gasteiger partial charge in [-0.3, -0.25) is 4.79 Å². The number of phenolic OH excluding ortho intramolecular Hbond substituents is 1. The first kappa shape index (κ1) is 14.3. The molecular weight excluding hydrogens is 258 g/mol. The van der Waals surface area contributed by atoms with Crippen LogP contribution in [0.1, 0.15) is 39.0 Å². The monoisotopic (exact) mass is 279 g/mol. The predicted molar refractivity (Wildman–Crippen MR) is 78.4 cm³/mol. The molecule has 1 fully saturated rings. The minimum absolute atomic E-state index is 0.0974. The van der Waals surface area contributed by atoms with Crippen molar-refractivity contribution in [2.24, 2.45) is 0 Å². The molecule has 0 aliphatic heterocycles. The molecule has 104 valence electrons. The van der Waals surface area contributed by atoms with E-state index in [1.54, 1.807) is 18.2 Å². The highest BCUT2D eigenvalue weighted by molar-refractivity contribution is 8.00. The van der Waals surface area contributed by atoms with Gasteiger partial charge in [-0.2, -0.15) is 0 Å². The van der Waals surface area contributed by atoms with Crippen molar-refractivity contribution in [1.29, 1.82) is 0 Å². The summed E-state index contributed by atoms with van der Waals surface area (Å²) in [5.74, 6) is 0.338. The Morgan fingerprint density at radius 3 is 2.79 bits per heavy atom. The first-order valence-corrected chi connectivity index (χ1v) is 7.79. The van der Waals surface area contributed by atoms with Gasteiger partial charge in [-0.25, -0.2) is 0 Å². The molecule has 19 heavy (non-hydrogen) atoms. The molecule has 1 aromatic rings. The van der Waals surface area contributed by atoms with Gasteiger partial charge < -0.3 is 10.4 Å². The SMILES string of the molecule is CC(Sc1cccc(O)c1)C(=O)NC1CCCCC1. The maximum absolute atomic E-state index is 12.1. The lowest BCUT2D eigenvalue weighted by atomic mass is 9.95. The number of phenols is 1. The van der Waals surface area contributed by atoms with E-state index in [0.29, 0.717) is 6.04 Å². The number of benzene rings is 1. The van der Waals surface area contributed by atoms with E-state index in [9.17, 15) is 9.90 Å². The first-order chi connectivity index (χ1) is 9.15. The predicted octanol–water partition coefficient (Wildman–Crippen LogP) is 3.32. The highest BCUT2D eigenvalue weighted by Crippen LogP contribution is 2.26. The average molecular weight is 279 g/mol. The summed E-state index contributed by atoms with van der Waals surface area (Å²) in [6.45, 7) is 1.91. The second kappa shape index (κ2) is 6.85. The van der Waals surface area contributed by atoms with Crippen LogP contribution in [-0.2, 0) is 4.79 Å². The fourth-order valence-electron chi connectivity index (χ4n) is 2.38. The van der Waals surface area contributed by atoms with E-state index >= 15 is 0 Å². The molecule has 0 aromatic heterocycles. The lowest BCUT2D eigenvalue weighted by molar-refractivity contribution is -0.121. The summed E-state index contributed by atoms with van der Waals surface area (Å²) >= 11 is 1.48. The Morgan fingerprint density at radius 2 is 2.11 bits per heavy atom. The summed E-state index contributed by atoms with van der Waals surface area (Å²) in [6, 6.07) is 7.39. The van der Waals surface area contributed by atoms with Crippen LogP contribution < -0.4 is 5.32 Å². The number of amides is 1. The summed E-state index contributed by atoms with van der Waals surface area (Å²) in [6.07, 6.45) is 5.95. The van der Waals surface area contributed by atoms with Crippen LogP contribution in [0.15, 0.2) is 29.2 Å². The van der Waals surface area contributed by atoms with Crippen LogP contribution in [0.4, 0.5) is 0 Å². The molecule has 0 spiro atoms. The van der Waals surface area contributed by atoms with E-state index in [1.165, 1.54) is 31.0 Å². The van der Waals surface area contributed by atoms with Gasteiger partial charge in [-0.15, -0.1) is 11.8 Å². The van der Waals surface area contributed by atoms with Gasteiger partial charge in [-0.1, -0.05) is 25.3 Å².